The van der Waals surface area contributed by atoms with Gasteiger partial charge in [-0.05, 0) is 113 Å². The van der Waals surface area contributed by atoms with Crippen molar-refractivity contribution in [2.45, 2.75) is 52.9 Å². The Morgan fingerprint density at radius 1 is 1.21 bits per heavy atom. The van der Waals surface area contributed by atoms with E-state index in [1.807, 2.05) is 31.2 Å². The molecule has 0 amide bonds. The number of unbranched alkanes of at least 4 members (excludes halogenated alkanes) is 2. The minimum atomic E-state index is 0.117. The second-order valence-corrected chi connectivity index (χ2v) is 8.68. The van der Waals surface area contributed by atoms with Gasteiger partial charge in [0.05, 0.1) is 14.2 Å². The van der Waals surface area contributed by atoms with Crippen LogP contribution in [0, 0.1) is 12.8 Å². The first-order valence-electron chi connectivity index (χ1n) is 12.1. The minimum absolute atomic E-state index is 0.117. The van der Waals surface area contributed by atoms with Crippen LogP contribution in [0.25, 0.3) is 5.57 Å². The molecule has 1 aliphatic heterocycles. The molecule has 1 heterocycles. The molecule has 33 heavy (non-hydrogen) atoms. The van der Waals surface area contributed by atoms with Crippen LogP contribution in [-0.4, -0.2) is 44.5 Å². The summed E-state index contributed by atoms with van der Waals surface area (Å²) in [6.45, 7) is 12.9. The molecule has 0 bridgehead atoms. The standard InChI is InChI=1S/C29H41NO3/c1-7-12-29(33-6)26(8-2)24-16-19-30(20-17-24)18-11-9-10-13-28(23(4)31)27-15-14-25(32-5)21-22(27)3/h7-8,12-15,21,24H,1,9-11,16-20H2,2-6H3/b26-8-,28-13-,29-12+. The molecule has 0 aromatic heterocycles. The number of aryl methyl sites for hydroxylation is 1. The van der Waals surface area contributed by atoms with E-state index in [1.165, 1.54) is 5.57 Å². The lowest BCUT2D eigenvalue weighted by Crippen LogP contribution is -2.35. The van der Waals surface area contributed by atoms with Gasteiger partial charge in [0.2, 0.25) is 0 Å². The highest BCUT2D eigenvalue weighted by molar-refractivity contribution is 6.19. The van der Waals surface area contributed by atoms with Crippen LogP contribution in [0.2, 0.25) is 0 Å². The average molecular weight is 452 g/mol. The normalized spacial score (nSPS) is 16.6. The van der Waals surface area contributed by atoms with Gasteiger partial charge in [0.25, 0.3) is 0 Å². The quantitative estimate of drug-likeness (QED) is 0.157. The number of nitrogens with zero attached hydrogens (tertiary/aromatic N) is 1. The molecule has 1 aromatic carbocycles. The second kappa shape index (κ2) is 13.8. The fourth-order valence-electron chi connectivity index (χ4n) is 4.67. The molecule has 0 unspecified atom stereocenters. The number of rotatable bonds is 12. The van der Waals surface area contributed by atoms with Gasteiger partial charge in [-0.25, -0.2) is 0 Å². The van der Waals surface area contributed by atoms with Crippen molar-refractivity contribution in [3.8, 4) is 5.75 Å². The van der Waals surface area contributed by atoms with Crippen molar-refractivity contribution in [1.29, 1.82) is 0 Å². The van der Waals surface area contributed by atoms with Gasteiger partial charge in [0.1, 0.15) is 11.5 Å². The van der Waals surface area contributed by atoms with Crippen LogP contribution in [-0.2, 0) is 9.53 Å². The van der Waals surface area contributed by atoms with Crippen LogP contribution >= 0.6 is 0 Å². The Morgan fingerprint density at radius 3 is 2.48 bits per heavy atom. The number of carbonyl (C=O) groups excluding carboxylic acids is 1. The molecule has 4 nitrogen and oxygen atoms in total. The molecule has 0 saturated carbocycles. The summed E-state index contributed by atoms with van der Waals surface area (Å²) in [5.74, 6) is 2.42. The summed E-state index contributed by atoms with van der Waals surface area (Å²) in [4.78, 5) is 14.8. The van der Waals surface area contributed by atoms with E-state index < -0.39 is 0 Å². The first-order valence-corrected chi connectivity index (χ1v) is 12.1. The van der Waals surface area contributed by atoms with Gasteiger partial charge < -0.3 is 14.4 Å². The summed E-state index contributed by atoms with van der Waals surface area (Å²) < 4.78 is 10.9. The molecule has 0 radical (unpaired) electrons. The van der Waals surface area contributed by atoms with Crippen molar-refractivity contribution in [3.63, 3.8) is 0 Å². The maximum absolute atomic E-state index is 12.3. The zero-order valence-electron chi connectivity index (χ0n) is 21.2. The summed E-state index contributed by atoms with van der Waals surface area (Å²) in [6, 6.07) is 5.89. The Kier molecular flexibility index (Phi) is 11.2. The lowest BCUT2D eigenvalue weighted by Gasteiger charge is -2.33. The molecule has 0 aliphatic carbocycles. The Morgan fingerprint density at radius 2 is 1.94 bits per heavy atom. The van der Waals surface area contributed by atoms with Crippen LogP contribution in [0.5, 0.6) is 5.75 Å². The van der Waals surface area contributed by atoms with Crippen molar-refractivity contribution < 1.29 is 14.3 Å². The predicted octanol–water partition coefficient (Wildman–Crippen LogP) is 6.52. The second-order valence-electron chi connectivity index (χ2n) is 8.68. The van der Waals surface area contributed by atoms with E-state index in [4.69, 9.17) is 9.47 Å². The van der Waals surface area contributed by atoms with E-state index in [-0.39, 0.29) is 5.78 Å². The zero-order chi connectivity index (χ0) is 24.2. The number of piperidine rings is 1. The number of methoxy groups -OCH3 is 2. The maximum atomic E-state index is 12.3. The largest absolute Gasteiger partial charge is 0.497 e. The lowest BCUT2D eigenvalue weighted by atomic mass is 9.87. The topological polar surface area (TPSA) is 38.8 Å². The number of hydrogen-bond acceptors (Lipinski definition) is 4. The Labute approximate surface area is 200 Å². The molecule has 1 aliphatic rings. The highest BCUT2D eigenvalue weighted by atomic mass is 16.5. The third-order valence-corrected chi connectivity index (χ3v) is 6.49. The molecular formula is C29H41NO3. The molecule has 4 heteroatoms. The molecule has 180 valence electrons. The first kappa shape index (κ1) is 26.7. The van der Waals surface area contributed by atoms with Crippen molar-refractivity contribution in [2.24, 2.45) is 5.92 Å². The van der Waals surface area contributed by atoms with E-state index in [2.05, 4.69) is 30.6 Å². The smallest absolute Gasteiger partial charge is 0.160 e. The van der Waals surface area contributed by atoms with E-state index in [0.29, 0.717) is 5.92 Å². The minimum Gasteiger partial charge on any atom is -0.497 e. The number of likely N-dealkylation sites (tertiary alicyclic amines) is 1. The fraction of sp³-hybridized carbons (Fsp3) is 0.483. The predicted molar refractivity (Wildman–Crippen MR) is 138 cm³/mol. The summed E-state index contributed by atoms with van der Waals surface area (Å²) >= 11 is 0. The SMILES string of the molecule is C=C/C=C(OC)\C(=C/C)C1CCN(CCCC/C=C(/C(C)=O)c2ccc(OC)cc2C)CC1. The molecule has 0 N–H and O–H groups in total. The van der Waals surface area contributed by atoms with E-state index in [1.54, 1.807) is 27.2 Å². The average Bonchev–Trinajstić information content (AvgIpc) is 2.82. The molecular weight excluding hydrogens is 410 g/mol. The summed E-state index contributed by atoms with van der Waals surface area (Å²) in [5.41, 5.74) is 4.19. The van der Waals surface area contributed by atoms with Crippen molar-refractivity contribution in [1.82, 2.24) is 4.90 Å². The van der Waals surface area contributed by atoms with Crippen molar-refractivity contribution in [3.05, 3.63) is 71.5 Å². The third-order valence-electron chi connectivity index (χ3n) is 6.49. The van der Waals surface area contributed by atoms with Crippen molar-refractivity contribution in [2.75, 3.05) is 33.9 Å². The van der Waals surface area contributed by atoms with Gasteiger partial charge in [-0.15, -0.1) is 0 Å². The molecule has 0 spiro atoms. The van der Waals surface area contributed by atoms with Crippen molar-refractivity contribution >= 4 is 11.4 Å². The number of ether oxygens (including phenoxy) is 2. The number of ketones is 1. The van der Waals surface area contributed by atoms with E-state index in [9.17, 15) is 4.79 Å². The highest BCUT2D eigenvalue weighted by Crippen LogP contribution is 2.30. The first-order chi connectivity index (χ1) is 15.9. The summed E-state index contributed by atoms with van der Waals surface area (Å²) in [7, 11) is 3.39. The zero-order valence-corrected chi connectivity index (χ0v) is 21.2. The van der Waals surface area contributed by atoms with Gasteiger partial charge in [0, 0.05) is 5.57 Å². The maximum Gasteiger partial charge on any atom is 0.160 e. The number of carbonyl (C=O) groups is 1. The van der Waals surface area contributed by atoms with Crippen LogP contribution in [0.3, 0.4) is 0 Å². The number of allylic oxidation sites excluding steroid dienone is 6. The fourth-order valence-corrected chi connectivity index (χ4v) is 4.67. The summed E-state index contributed by atoms with van der Waals surface area (Å²) in [5, 5.41) is 0. The van der Waals surface area contributed by atoms with Gasteiger partial charge in [-0.2, -0.15) is 0 Å². The molecule has 1 saturated heterocycles. The Balaban J connectivity index is 1.83. The summed E-state index contributed by atoms with van der Waals surface area (Å²) in [6.07, 6.45) is 13.5. The molecule has 1 fully saturated rings. The van der Waals surface area contributed by atoms with E-state index in [0.717, 1.165) is 79.9 Å². The van der Waals surface area contributed by atoms with Crippen LogP contribution in [0.1, 0.15) is 57.1 Å². The molecule has 1 aromatic rings. The number of benzene rings is 1. The Bertz CT molecular complexity index is 886. The van der Waals surface area contributed by atoms with Crippen LogP contribution < -0.4 is 4.74 Å². The van der Waals surface area contributed by atoms with Gasteiger partial charge >= 0.3 is 0 Å². The van der Waals surface area contributed by atoms with E-state index >= 15 is 0 Å². The monoisotopic (exact) mass is 451 g/mol. The van der Waals surface area contributed by atoms with Gasteiger partial charge in [0.15, 0.2) is 5.78 Å². The van der Waals surface area contributed by atoms with Crippen LogP contribution in [0.15, 0.2) is 60.4 Å². The van der Waals surface area contributed by atoms with Crippen LogP contribution in [0.4, 0.5) is 0 Å². The Hall–Kier alpha value is -2.59. The molecule has 2 rings (SSSR count). The van der Waals surface area contributed by atoms with Gasteiger partial charge in [-0.1, -0.05) is 30.9 Å². The highest BCUT2D eigenvalue weighted by Gasteiger charge is 2.23. The third kappa shape index (κ3) is 7.75. The van der Waals surface area contributed by atoms with Gasteiger partial charge in [-0.3, -0.25) is 4.79 Å². The molecule has 0 atom stereocenters. The lowest BCUT2D eigenvalue weighted by molar-refractivity contribution is -0.111. The number of Topliss-reactive ketones (excluding diaryl/α,β-unsaturated/α-hetero) is 1. The number of hydrogen-bond donors (Lipinski definition) is 0.